The van der Waals surface area contributed by atoms with Crippen LogP contribution in [0.5, 0.6) is 11.5 Å². The summed E-state index contributed by atoms with van der Waals surface area (Å²) in [6.07, 6.45) is -0.654. The number of alkyl halides is 3. The minimum Gasteiger partial charge on any atom is -0.486 e. The number of fused-ring (bicyclic) bond motifs is 2. The van der Waals surface area contributed by atoms with Gasteiger partial charge in [0.2, 0.25) is 0 Å². The van der Waals surface area contributed by atoms with E-state index in [9.17, 15) is 13.2 Å². The van der Waals surface area contributed by atoms with Gasteiger partial charge in [-0.2, -0.15) is 13.2 Å². The van der Waals surface area contributed by atoms with E-state index in [1.54, 1.807) is 12.1 Å². The van der Waals surface area contributed by atoms with Gasteiger partial charge >= 0.3 is 6.18 Å². The number of benzene rings is 2. The van der Waals surface area contributed by atoms with Gasteiger partial charge in [0.25, 0.3) is 0 Å². The second-order valence-corrected chi connectivity index (χ2v) is 8.09. The Bertz CT molecular complexity index is 948. The van der Waals surface area contributed by atoms with Crippen LogP contribution in [0.3, 0.4) is 0 Å². The van der Waals surface area contributed by atoms with Crippen molar-refractivity contribution in [3.63, 3.8) is 0 Å². The standard InChI is InChI=1S/C24H27F3NO2/c1-3-4-17-15-28(2)21(10-7-16-5-8-18(9-6-16)24(25,26)27)20-14-23-22(13-19(17)20)29-11-12-30-23/h5-6,8-9,13-14,17H,3-4,7,10-12,15H2,1-2H3/q+1. The lowest BCUT2D eigenvalue weighted by Gasteiger charge is -2.27. The summed E-state index contributed by atoms with van der Waals surface area (Å²) in [5.74, 6) is 2.02. The summed E-state index contributed by atoms with van der Waals surface area (Å²) in [5.41, 5.74) is 3.97. The fourth-order valence-electron chi connectivity index (χ4n) is 4.48. The lowest BCUT2D eigenvalue weighted by atomic mass is 9.84. The maximum absolute atomic E-state index is 12.8. The molecule has 30 heavy (non-hydrogen) atoms. The number of hydrogen-bond donors (Lipinski definition) is 0. The van der Waals surface area contributed by atoms with E-state index >= 15 is 0 Å². The second-order valence-electron chi connectivity index (χ2n) is 8.09. The molecule has 0 fully saturated rings. The van der Waals surface area contributed by atoms with Crippen LogP contribution >= 0.6 is 0 Å². The van der Waals surface area contributed by atoms with Crippen LogP contribution in [0.25, 0.3) is 0 Å². The van der Waals surface area contributed by atoms with Gasteiger partial charge in [0.1, 0.15) is 26.8 Å². The highest BCUT2D eigenvalue weighted by atomic mass is 19.4. The van der Waals surface area contributed by atoms with Crippen molar-refractivity contribution in [2.45, 2.75) is 44.7 Å². The summed E-state index contributed by atoms with van der Waals surface area (Å²) in [7, 11) is 2.10. The minimum atomic E-state index is -4.30. The Hall–Kier alpha value is -2.50. The van der Waals surface area contributed by atoms with Crippen molar-refractivity contribution in [1.29, 1.82) is 0 Å². The van der Waals surface area contributed by atoms with E-state index in [2.05, 4.69) is 30.7 Å². The molecule has 160 valence electrons. The molecule has 0 saturated carbocycles. The highest BCUT2D eigenvalue weighted by Crippen LogP contribution is 2.39. The Morgan fingerprint density at radius 2 is 1.67 bits per heavy atom. The zero-order valence-electron chi connectivity index (χ0n) is 17.4. The molecule has 0 aromatic heterocycles. The maximum atomic E-state index is 12.8. The first-order chi connectivity index (χ1) is 14.4. The molecule has 2 aromatic rings. The van der Waals surface area contributed by atoms with Crippen LogP contribution in [0.2, 0.25) is 0 Å². The van der Waals surface area contributed by atoms with Crippen LogP contribution in [-0.2, 0) is 12.6 Å². The van der Waals surface area contributed by atoms with Crippen molar-refractivity contribution >= 4 is 5.71 Å². The van der Waals surface area contributed by atoms with Crippen molar-refractivity contribution in [3.05, 3.63) is 58.7 Å². The fraction of sp³-hybridized carbons (Fsp3) is 0.458. The van der Waals surface area contributed by atoms with E-state index in [0.29, 0.717) is 25.6 Å². The molecule has 0 spiro atoms. The van der Waals surface area contributed by atoms with Crippen molar-refractivity contribution in [1.82, 2.24) is 0 Å². The molecule has 4 rings (SSSR count). The van der Waals surface area contributed by atoms with Gasteiger partial charge in [-0.1, -0.05) is 25.5 Å². The molecule has 0 aliphatic carbocycles. The van der Waals surface area contributed by atoms with Gasteiger partial charge in [0.05, 0.1) is 5.56 Å². The van der Waals surface area contributed by atoms with Crippen molar-refractivity contribution < 1.29 is 27.2 Å². The SMILES string of the molecule is CCCC1C[N+](C)=C(CCc2ccc(C(F)(F)F)cc2)c2cc3c(cc21)OCCO3. The molecule has 1 unspecified atom stereocenters. The molecule has 6 heteroatoms. The third kappa shape index (κ3) is 4.18. The first-order valence-corrected chi connectivity index (χ1v) is 10.5. The van der Waals surface area contributed by atoms with Gasteiger partial charge in [-0.05, 0) is 48.2 Å². The molecule has 1 atom stereocenters. The normalized spacial score (nSPS) is 18.4. The smallest absolute Gasteiger partial charge is 0.416 e. The predicted octanol–water partition coefficient (Wildman–Crippen LogP) is 5.44. The van der Waals surface area contributed by atoms with E-state index in [-0.39, 0.29) is 0 Å². The van der Waals surface area contributed by atoms with Crippen LogP contribution < -0.4 is 9.47 Å². The third-order valence-electron chi connectivity index (χ3n) is 5.99. The van der Waals surface area contributed by atoms with Gasteiger partial charge in [0.15, 0.2) is 17.2 Å². The van der Waals surface area contributed by atoms with E-state index < -0.39 is 11.7 Å². The number of rotatable bonds is 5. The average molecular weight is 418 g/mol. The zero-order valence-corrected chi connectivity index (χ0v) is 17.4. The fourth-order valence-corrected chi connectivity index (χ4v) is 4.48. The van der Waals surface area contributed by atoms with Crippen molar-refractivity contribution in [2.24, 2.45) is 0 Å². The molecule has 2 aromatic carbocycles. The van der Waals surface area contributed by atoms with E-state index in [1.807, 2.05) is 0 Å². The summed E-state index contributed by atoms with van der Waals surface area (Å²) < 4.78 is 52.4. The van der Waals surface area contributed by atoms with E-state index in [1.165, 1.54) is 16.8 Å². The minimum absolute atomic E-state index is 0.431. The van der Waals surface area contributed by atoms with Gasteiger partial charge in [-0.25, -0.2) is 4.58 Å². The molecule has 3 nitrogen and oxygen atoms in total. The van der Waals surface area contributed by atoms with E-state index in [0.717, 1.165) is 55.0 Å². The molecule has 0 amide bonds. The van der Waals surface area contributed by atoms with Gasteiger partial charge < -0.3 is 9.47 Å². The van der Waals surface area contributed by atoms with Crippen LogP contribution in [0, 0.1) is 0 Å². The topological polar surface area (TPSA) is 21.5 Å². The van der Waals surface area contributed by atoms with Gasteiger partial charge in [-0.3, -0.25) is 0 Å². The number of hydrogen-bond acceptors (Lipinski definition) is 2. The third-order valence-corrected chi connectivity index (χ3v) is 5.99. The van der Waals surface area contributed by atoms with Gasteiger partial charge in [0, 0.05) is 17.9 Å². The highest BCUT2D eigenvalue weighted by Gasteiger charge is 2.33. The van der Waals surface area contributed by atoms with Crippen LogP contribution in [0.4, 0.5) is 13.2 Å². The maximum Gasteiger partial charge on any atom is 0.416 e. The predicted molar refractivity (Wildman–Crippen MR) is 110 cm³/mol. The largest absolute Gasteiger partial charge is 0.486 e. The Morgan fingerprint density at radius 3 is 2.30 bits per heavy atom. The summed E-state index contributed by atoms with van der Waals surface area (Å²) in [4.78, 5) is 0. The molecular weight excluding hydrogens is 391 g/mol. The molecule has 2 heterocycles. The lowest BCUT2D eigenvalue weighted by molar-refractivity contribution is -0.503. The quantitative estimate of drug-likeness (QED) is 0.603. The first kappa shape index (κ1) is 20.8. The Labute approximate surface area is 175 Å². The first-order valence-electron chi connectivity index (χ1n) is 10.5. The molecule has 0 N–H and O–H groups in total. The van der Waals surface area contributed by atoms with Crippen LogP contribution in [0.1, 0.15) is 54.4 Å². The molecule has 0 saturated heterocycles. The Balaban J connectivity index is 1.61. The molecular formula is C24H27F3NO2+. The summed E-state index contributed by atoms with van der Waals surface area (Å²) in [6.45, 7) is 4.24. The van der Waals surface area contributed by atoms with Crippen LogP contribution in [-0.4, -0.2) is 37.1 Å². The van der Waals surface area contributed by atoms with Gasteiger partial charge in [-0.15, -0.1) is 0 Å². The molecule has 2 aliphatic rings. The average Bonchev–Trinajstić information content (AvgIpc) is 2.72. The second kappa shape index (κ2) is 8.32. The summed E-state index contributed by atoms with van der Waals surface area (Å²) in [5, 5.41) is 0. The number of nitrogens with zero attached hydrogens (tertiary/aromatic N) is 1. The number of halogens is 3. The molecule has 0 bridgehead atoms. The van der Waals surface area contributed by atoms with Crippen molar-refractivity contribution in [2.75, 3.05) is 26.8 Å². The lowest BCUT2D eigenvalue weighted by Crippen LogP contribution is -2.31. The monoisotopic (exact) mass is 418 g/mol. The Kier molecular flexibility index (Phi) is 5.76. The number of ether oxygens (including phenoxy) is 2. The molecule has 0 radical (unpaired) electrons. The zero-order chi connectivity index (χ0) is 21.3. The highest BCUT2D eigenvalue weighted by molar-refractivity contribution is 5.99. The number of likely N-dealkylation sites (N-methyl/N-ethyl adjacent to an activating group) is 1. The number of aryl methyl sites for hydroxylation is 1. The van der Waals surface area contributed by atoms with E-state index in [4.69, 9.17) is 9.47 Å². The summed E-state index contributed by atoms with van der Waals surface area (Å²) in [6, 6.07) is 9.71. The summed E-state index contributed by atoms with van der Waals surface area (Å²) >= 11 is 0. The van der Waals surface area contributed by atoms with Crippen molar-refractivity contribution in [3.8, 4) is 11.5 Å². The molecule has 2 aliphatic heterocycles. The van der Waals surface area contributed by atoms with Crippen LogP contribution in [0.15, 0.2) is 36.4 Å². The Morgan fingerprint density at radius 1 is 1.00 bits per heavy atom.